The summed E-state index contributed by atoms with van der Waals surface area (Å²) in [7, 11) is 0. The molecule has 37 heavy (non-hydrogen) atoms. The van der Waals surface area contributed by atoms with Gasteiger partial charge in [-0.2, -0.15) is 0 Å². The number of nitrogens with zero attached hydrogens (tertiary/aromatic N) is 4. The number of fused-ring (bicyclic) bond motifs is 1. The van der Waals surface area contributed by atoms with Gasteiger partial charge >= 0.3 is 0 Å². The van der Waals surface area contributed by atoms with E-state index in [4.69, 9.17) is 15.7 Å². The van der Waals surface area contributed by atoms with Crippen LogP contribution in [-0.2, 0) is 0 Å². The molecule has 2 unspecified atom stereocenters. The van der Waals surface area contributed by atoms with E-state index in [0.717, 1.165) is 47.4 Å². The first-order valence-electron chi connectivity index (χ1n) is 13.0. The zero-order valence-corrected chi connectivity index (χ0v) is 21.2. The van der Waals surface area contributed by atoms with Crippen LogP contribution < -0.4 is 16.4 Å². The number of nitrogens with one attached hydrogen (secondary N) is 2. The monoisotopic (exact) mass is 497 g/mol. The van der Waals surface area contributed by atoms with Crippen LogP contribution in [0.15, 0.2) is 55.0 Å². The van der Waals surface area contributed by atoms with E-state index >= 15 is 0 Å². The molecule has 0 amide bonds. The van der Waals surface area contributed by atoms with E-state index in [0.29, 0.717) is 17.6 Å². The molecule has 2 atom stereocenters. The van der Waals surface area contributed by atoms with Gasteiger partial charge in [-0.3, -0.25) is 4.98 Å². The third-order valence-electron chi connectivity index (χ3n) is 7.78. The summed E-state index contributed by atoms with van der Waals surface area (Å²) in [5, 5.41) is 7.83. The molecule has 0 spiro atoms. The summed E-state index contributed by atoms with van der Waals surface area (Å²) in [6.45, 7) is 6.46. The van der Waals surface area contributed by atoms with Gasteiger partial charge in [-0.05, 0) is 85.0 Å². The molecule has 1 aliphatic carbocycles. The van der Waals surface area contributed by atoms with Gasteiger partial charge in [-0.25, -0.2) is 19.3 Å². The molecule has 190 valence electrons. The highest BCUT2D eigenvalue weighted by Crippen LogP contribution is 2.46. The van der Waals surface area contributed by atoms with Gasteiger partial charge in [0.2, 0.25) is 0 Å². The molecule has 4 aromatic rings. The van der Waals surface area contributed by atoms with E-state index < -0.39 is 0 Å². The highest BCUT2D eigenvalue weighted by molar-refractivity contribution is 5.86. The van der Waals surface area contributed by atoms with Crippen LogP contribution in [0.2, 0.25) is 0 Å². The van der Waals surface area contributed by atoms with E-state index in [1.165, 1.54) is 30.5 Å². The van der Waals surface area contributed by atoms with Crippen molar-refractivity contribution in [2.45, 2.75) is 45.1 Å². The van der Waals surface area contributed by atoms with Gasteiger partial charge in [0.1, 0.15) is 11.6 Å². The van der Waals surface area contributed by atoms with E-state index in [2.05, 4.69) is 34.4 Å². The maximum absolute atomic E-state index is 13.3. The second kappa shape index (κ2) is 9.43. The number of rotatable bonds is 6. The Balaban J connectivity index is 1.44. The van der Waals surface area contributed by atoms with Gasteiger partial charge in [0, 0.05) is 35.6 Å². The maximum Gasteiger partial charge on any atom is 0.160 e. The van der Waals surface area contributed by atoms with Gasteiger partial charge < -0.3 is 16.4 Å². The van der Waals surface area contributed by atoms with Crippen molar-refractivity contribution in [1.82, 2.24) is 25.3 Å². The van der Waals surface area contributed by atoms with Gasteiger partial charge in [-0.15, -0.1) is 0 Å². The summed E-state index contributed by atoms with van der Waals surface area (Å²) < 4.78 is 13.3. The maximum atomic E-state index is 13.3. The van der Waals surface area contributed by atoms with Gasteiger partial charge in [-0.1, -0.05) is 13.8 Å². The fourth-order valence-corrected chi connectivity index (χ4v) is 5.58. The minimum atomic E-state index is -0.281. The molecule has 1 saturated heterocycles. The lowest BCUT2D eigenvalue weighted by atomic mass is 9.70. The van der Waals surface area contributed by atoms with Crippen molar-refractivity contribution in [1.29, 1.82) is 0 Å². The third kappa shape index (κ3) is 4.79. The lowest BCUT2D eigenvalue weighted by Gasteiger charge is -2.42. The van der Waals surface area contributed by atoms with Crippen molar-refractivity contribution in [2.24, 2.45) is 17.1 Å². The molecule has 4 heterocycles. The molecule has 1 aromatic carbocycles. The highest BCUT2D eigenvalue weighted by atomic mass is 19.1. The summed E-state index contributed by atoms with van der Waals surface area (Å²) in [4.78, 5) is 19.1. The minimum absolute atomic E-state index is 0.0464. The number of benzene rings is 1. The number of hydrogen-bond donors (Lipinski definition) is 3. The summed E-state index contributed by atoms with van der Waals surface area (Å²) in [5.74, 6) is 1.74. The molecule has 1 aliphatic heterocycles. The lowest BCUT2D eigenvalue weighted by Crippen LogP contribution is -2.47. The molecule has 0 radical (unpaired) electrons. The van der Waals surface area contributed by atoms with Crippen molar-refractivity contribution in [2.75, 3.05) is 18.4 Å². The smallest absolute Gasteiger partial charge is 0.160 e. The Morgan fingerprint density at radius 2 is 1.89 bits per heavy atom. The molecule has 2 aliphatic rings. The molecular formula is C29H32FN7. The highest BCUT2D eigenvalue weighted by Gasteiger charge is 2.39. The SMILES string of the molecule is CC1(C)CNCCC1C(N)c1nc(-c2ccnc(Nc3ccc(F)cc3)c2)nc2cncc(C3CC3)c12. The molecule has 7 nitrogen and oxygen atoms in total. The van der Waals surface area contributed by atoms with Gasteiger partial charge in [0.15, 0.2) is 5.82 Å². The number of pyridine rings is 2. The molecular weight excluding hydrogens is 465 g/mol. The molecule has 0 bridgehead atoms. The Morgan fingerprint density at radius 3 is 2.65 bits per heavy atom. The number of nitrogens with two attached hydrogens (primary N) is 1. The summed E-state index contributed by atoms with van der Waals surface area (Å²) in [5.41, 5.74) is 11.7. The molecule has 6 rings (SSSR count). The molecule has 4 N–H and O–H groups in total. The summed E-state index contributed by atoms with van der Waals surface area (Å²) in [6, 6.07) is 9.78. The van der Waals surface area contributed by atoms with Crippen molar-refractivity contribution in [3.05, 3.63) is 72.1 Å². The van der Waals surface area contributed by atoms with Crippen LogP contribution in [0.4, 0.5) is 15.9 Å². The summed E-state index contributed by atoms with van der Waals surface area (Å²) in [6.07, 6.45) is 8.86. The molecule has 3 aromatic heterocycles. The third-order valence-corrected chi connectivity index (χ3v) is 7.78. The predicted octanol–water partition coefficient (Wildman–Crippen LogP) is 5.48. The minimum Gasteiger partial charge on any atom is -0.340 e. The number of hydrogen-bond acceptors (Lipinski definition) is 7. The second-order valence-electron chi connectivity index (χ2n) is 11.0. The van der Waals surface area contributed by atoms with Crippen molar-refractivity contribution in [3.63, 3.8) is 0 Å². The molecule has 2 fully saturated rings. The van der Waals surface area contributed by atoms with Crippen molar-refractivity contribution in [3.8, 4) is 11.4 Å². The Bertz CT molecular complexity index is 1430. The fraction of sp³-hybridized carbons (Fsp3) is 0.379. The van der Waals surface area contributed by atoms with Crippen LogP contribution in [0, 0.1) is 17.2 Å². The van der Waals surface area contributed by atoms with E-state index in [1.807, 2.05) is 24.5 Å². The van der Waals surface area contributed by atoms with Crippen LogP contribution in [-0.4, -0.2) is 33.0 Å². The van der Waals surface area contributed by atoms with Crippen LogP contribution in [0.1, 0.15) is 56.3 Å². The fourth-order valence-electron chi connectivity index (χ4n) is 5.58. The first-order chi connectivity index (χ1) is 17.9. The number of anilines is 2. The predicted molar refractivity (Wildman–Crippen MR) is 144 cm³/mol. The van der Waals surface area contributed by atoms with Crippen molar-refractivity contribution < 1.29 is 4.39 Å². The van der Waals surface area contributed by atoms with Gasteiger partial charge in [0.05, 0.1) is 23.4 Å². The zero-order chi connectivity index (χ0) is 25.6. The van der Waals surface area contributed by atoms with E-state index in [9.17, 15) is 4.39 Å². The first-order valence-corrected chi connectivity index (χ1v) is 13.0. The van der Waals surface area contributed by atoms with Crippen LogP contribution >= 0.6 is 0 Å². The normalized spacial score (nSPS) is 20.1. The van der Waals surface area contributed by atoms with E-state index in [1.54, 1.807) is 18.3 Å². The average molecular weight is 498 g/mol. The topological polar surface area (TPSA) is 102 Å². The number of halogens is 1. The Hall–Kier alpha value is -3.49. The van der Waals surface area contributed by atoms with E-state index in [-0.39, 0.29) is 23.2 Å². The standard InChI is InChI=1S/C29H32FN7/c1-29(2)16-32-11-10-22(29)26(31)27-25-21(17-3-4-17)14-33-15-23(25)36-28(37-27)18-9-12-34-24(13-18)35-20-7-5-19(30)6-8-20/h5-9,12-15,17,22,26,32H,3-4,10-11,16,31H2,1-2H3,(H,34,35). The second-order valence-corrected chi connectivity index (χ2v) is 11.0. The summed E-state index contributed by atoms with van der Waals surface area (Å²) >= 11 is 0. The molecule has 8 heteroatoms. The first kappa shape index (κ1) is 23.9. The van der Waals surface area contributed by atoms with Crippen LogP contribution in [0.5, 0.6) is 0 Å². The largest absolute Gasteiger partial charge is 0.340 e. The lowest BCUT2D eigenvalue weighted by molar-refractivity contribution is 0.128. The van der Waals surface area contributed by atoms with Crippen LogP contribution in [0.3, 0.4) is 0 Å². The number of aromatic nitrogens is 4. The Labute approximate surface area is 216 Å². The molecule has 1 saturated carbocycles. The zero-order valence-electron chi connectivity index (χ0n) is 21.2. The van der Waals surface area contributed by atoms with Crippen molar-refractivity contribution >= 4 is 22.4 Å². The van der Waals surface area contributed by atoms with Crippen LogP contribution in [0.25, 0.3) is 22.3 Å². The van der Waals surface area contributed by atoms with Gasteiger partial charge in [0.25, 0.3) is 0 Å². The Morgan fingerprint density at radius 1 is 1.08 bits per heavy atom. The number of piperidine rings is 1. The average Bonchev–Trinajstić information content (AvgIpc) is 3.74. The quantitative estimate of drug-likeness (QED) is 0.324. The Kier molecular flexibility index (Phi) is 6.09.